The predicted molar refractivity (Wildman–Crippen MR) is 56.6 cm³/mol. The fraction of sp³-hybridized carbons (Fsp3) is 1.00. The predicted octanol–water partition coefficient (Wildman–Crippen LogP) is 2.81. The van der Waals surface area contributed by atoms with Crippen molar-refractivity contribution in [3.8, 4) is 0 Å². The van der Waals surface area contributed by atoms with Crippen LogP contribution in [-0.2, 0) is 0 Å². The molecule has 0 amide bonds. The van der Waals surface area contributed by atoms with Crippen LogP contribution in [-0.4, -0.2) is 30.2 Å². The fourth-order valence-corrected chi connectivity index (χ4v) is 3.65. The maximum atomic E-state index is 2.47. The molecule has 0 aromatic rings. The van der Waals surface area contributed by atoms with Crippen molar-refractivity contribution in [1.82, 2.24) is 0 Å². The molecule has 2 heterocycles. The molecule has 0 aromatic carbocycles. The van der Waals surface area contributed by atoms with E-state index in [1.165, 1.54) is 49.8 Å². The molecule has 2 aliphatic rings. The Kier molecular flexibility index (Phi) is 2.18. The highest BCUT2D eigenvalue weighted by atomic mass is 15.4. The summed E-state index contributed by atoms with van der Waals surface area (Å²) in [5.41, 5.74) is 0.608. The normalized spacial score (nSPS) is 44.1. The molecule has 0 bridgehead atoms. The first-order chi connectivity index (χ1) is 6.04. The van der Waals surface area contributed by atoms with E-state index in [9.17, 15) is 0 Å². The molecular weight excluding hydrogens is 158 g/mol. The number of rotatable bonds is 0. The molecule has 1 nitrogen and oxygen atoms in total. The van der Waals surface area contributed by atoms with Gasteiger partial charge in [-0.2, -0.15) is 0 Å². The highest BCUT2D eigenvalue weighted by Gasteiger charge is 2.45. The van der Waals surface area contributed by atoms with Crippen LogP contribution >= 0.6 is 0 Å². The first kappa shape index (κ1) is 9.51. The number of hydrogen-bond donors (Lipinski definition) is 0. The van der Waals surface area contributed by atoms with Crippen LogP contribution in [0.1, 0.15) is 46.5 Å². The van der Waals surface area contributed by atoms with Gasteiger partial charge in [0, 0.05) is 18.3 Å². The van der Waals surface area contributed by atoms with E-state index in [2.05, 4.69) is 20.8 Å². The summed E-state index contributed by atoms with van der Waals surface area (Å²) in [7, 11) is 0. The smallest absolute Gasteiger partial charge is 0.0864 e. The zero-order valence-corrected chi connectivity index (χ0v) is 9.47. The van der Waals surface area contributed by atoms with E-state index in [1.807, 2.05) is 0 Å². The average molecular weight is 182 g/mol. The third-order valence-corrected chi connectivity index (χ3v) is 4.36. The van der Waals surface area contributed by atoms with Gasteiger partial charge < -0.3 is 4.48 Å². The molecule has 2 atom stereocenters. The van der Waals surface area contributed by atoms with E-state index in [1.54, 1.807) is 0 Å². The van der Waals surface area contributed by atoms with Crippen LogP contribution in [0.3, 0.4) is 0 Å². The maximum absolute atomic E-state index is 2.47. The molecule has 0 N–H and O–H groups in total. The van der Waals surface area contributed by atoms with Crippen LogP contribution in [0.25, 0.3) is 0 Å². The van der Waals surface area contributed by atoms with Crippen molar-refractivity contribution in [2.75, 3.05) is 19.6 Å². The molecule has 2 aliphatic heterocycles. The standard InChI is InChI=1S/C12H24N/c1-11-6-4-8-13(11)9-5-7-12(2,3)10-13/h11H,4-10H2,1-3H3/q+1. The van der Waals surface area contributed by atoms with Crippen molar-refractivity contribution < 1.29 is 4.48 Å². The van der Waals surface area contributed by atoms with Gasteiger partial charge in [-0.15, -0.1) is 0 Å². The van der Waals surface area contributed by atoms with Crippen molar-refractivity contribution in [2.45, 2.75) is 52.5 Å². The second kappa shape index (κ2) is 2.98. The first-order valence-corrected chi connectivity index (χ1v) is 5.90. The largest absolute Gasteiger partial charge is 0.321 e. The lowest BCUT2D eigenvalue weighted by Gasteiger charge is -2.48. The van der Waals surface area contributed by atoms with Crippen LogP contribution in [0.2, 0.25) is 0 Å². The van der Waals surface area contributed by atoms with Crippen LogP contribution in [0, 0.1) is 5.41 Å². The van der Waals surface area contributed by atoms with Gasteiger partial charge in [-0.1, -0.05) is 13.8 Å². The Morgan fingerprint density at radius 3 is 2.38 bits per heavy atom. The number of nitrogens with zero attached hydrogens (tertiary/aromatic N) is 1. The van der Waals surface area contributed by atoms with Gasteiger partial charge in [0.1, 0.15) is 0 Å². The topological polar surface area (TPSA) is 0 Å². The van der Waals surface area contributed by atoms with Crippen molar-refractivity contribution in [3.63, 3.8) is 0 Å². The fourth-order valence-electron chi connectivity index (χ4n) is 3.65. The van der Waals surface area contributed by atoms with Gasteiger partial charge in [0.25, 0.3) is 0 Å². The molecule has 13 heavy (non-hydrogen) atoms. The average Bonchev–Trinajstić information content (AvgIpc) is 2.31. The molecule has 0 radical (unpaired) electrons. The van der Waals surface area contributed by atoms with Crippen LogP contribution in [0.4, 0.5) is 0 Å². The van der Waals surface area contributed by atoms with E-state index in [0.717, 1.165) is 6.04 Å². The number of hydrogen-bond acceptors (Lipinski definition) is 0. The second-order valence-electron chi connectivity index (χ2n) is 6.08. The van der Waals surface area contributed by atoms with Gasteiger partial charge >= 0.3 is 0 Å². The minimum absolute atomic E-state index is 0.608. The molecule has 2 unspecified atom stereocenters. The van der Waals surface area contributed by atoms with Crippen molar-refractivity contribution in [2.24, 2.45) is 5.41 Å². The quantitative estimate of drug-likeness (QED) is 0.505. The van der Waals surface area contributed by atoms with Crippen molar-refractivity contribution >= 4 is 0 Å². The van der Waals surface area contributed by atoms with Gasteiger partial charge in [-0.25, -0.2) is 0 Å². The minimum Gasteiger partial charge on any atom is -0.321 e. The second-order valence-corrected chi connectivity index (χ2v) is 6.08. The summed E-state index contributed by atoms with van der Waals surface area (Å²) in [5, 5.41) is 0. The van der Waals surface area contributed by atoms with E-state index >= 15 is 0 Å². The third kappa shape index (κ3) is 1.63. The molecule has 1 heteroatoms. The lowest BCUT2D eigenvalue weighted by molar-refractivity contribution is -0.948. The lowest BCUT2D eigenvalue weighted by atomic mass is 9.82. The molecule has 1 spiro atoms. The lowest BCUT2D eigenvalue weighted by Crippen LogP contribution is -2.58. The van der Waals surface area contributed by atoms with Crippen LogP contribution < -0.4 is 0 Å². The summed E-state index contributed by atoms with van der Waals surface area (Å²) in [4.78, 5) is 0. The summed E-state index contributed by atoms with van der Waals surface area (Å²) >= 11 is 0. The third-order valence-electron chi connectivity index (χ3n) is 4.36. The Morgan fingerprint density at radius 2 is 1.85 bits per heavy atom. The van der Waals surface area contributed by atoms with Gasteiger partial charge in [-0.05, 0) is 19.8 Å². The Balaban J connectivity index is 2.14. The summed E-state index contributed by atoms with van der Waals surface area (Å²) in [5.74, 6) is 0. The van der Waals surface area contributed by atoms with Crippen molar-refractivity contribution in [1.29, 1.82) is 0 Å². The highest BCUT2D eigenvalue weighted by molar-refractivity contribution is 4.77. The first-order valence-electron chi connectivity index (χ1n) is 5.90. The maximum Gasteiger partial charge on any atom is 0.0864 e. The Bertz CT molecular complexity index is 197. The van der Waals surface area contributed by atoms with E-state index in [-0.39, 0.29) is 0 Å². The Labute approximate surface area is 82.7 Å². The van der Waals surface area contributed by atoms with Gasteiger partial charge in [0.05, 0.1) is 25.7 Å². The molecule has 0 aliphatic carbocycles. The molecular formula is C12H24N+. The summed E-state index contributed by atoms with van der Waals surface area (Å²) < 4.78 is 1.45. The zero-order chi connectivity index (χ0) is 9.53. The van der Waals surface area contributed by atoms with Crippen LogP contribution in [0.15, 0.2) is 0 Å². The molecule has 0 aromatic heterocycles. The highest BCUT2D eigenvalue weighted by Crippen LogP contribution is 2.39. The zero-order valence-electron chi connectivity index (χ0n) is 9.47. The number of piperidine rings is 1. The van der Waals surface area contributed by atoms with E-state index in [0.29, 0.717) is 5.41 Å². The molecule has 2 fully saturated rings. The SMILES string of the molecule is CC1CCC[N+]12CCCC(C)(C)C2. The molecule has 2 saturated heterocycles. The van der Waals surface area contributed by atoms with E-state index < -0.39 is 0 Å². The summed E-state index contributed by atoms with van der Waals surface area (Å²) in [6.07, 6.45) is 5.84. The van der Waals surface area contributed by atoms with Gasteiger partial charge in [0.15, 0.2) is 0 Å². The Morgan fingerprint density at radius 1 is 1.15 bits per heavy atom. The van der Waals surface area contributed by atoms with E-state index in [4.69, 9.17) is 0 Å². The number of quaternary nitrogens is 1. The molecule has 0 saturated carbocycles. The summed E-state index contributed by atoms with van der Waals surface area (Å²) in [6.45, 7) is 11.7. The molecule has 76 valence electrons. The van der Waals surface area contributed by atoms with Crippen molar-refractivity contribution in [3.05, 3.63) is 0 Å². The minimum atomic E-state index is 0.608. The van der Waals surface area contributed by atoms with Gasteiger partial charge in [0.2, 0.25) is 0 Å². The van der Waals surface area contributed by atoms with Crippen LogP contribution in [0.5, 0.6) is 0 Å². The summed E-state index contributed by atoms with van der Waals surface area (Å²) in [6, 6.07) is 0.944. The Hall–Kier alpha value is -0.0400. The molecule has 2 rings (SSSR count). The van der Waals surface area contributed by atoms with Gasteiger partial charge in [-0.3, -0.25) is 0 Å². The monoisotopic (exact) mass is 182 g/mol.